The predicted molar refractivity (Wildman–Crippen MR) is 57.2 cm³/mol. The summed E-state index contributed by atoms with van der Waals surface area (Å²) in [6.07, 6.45) is 6.93. The molecule has 1 fully saturated rings. The summed E-state index contributed by atoms with van der Waals surface area (Å²) in [5, 5.41) is 0. The van der Waals surface area contributed by atoms with Gasteiger partial charge in [-0.15, -0.1) is 0 Å². The second-order valence-electron chi connectivity index (χ2n) is 4.42. The smallest absolute Gasteiger partial charge is 0.138 e. The first-order valence-electron chi connectivity index (χ1n) is 5.78. The van der Waals surface area contributed by atoms with Gasteiger partial charge in [-0.1, -0.05) is 26.2 Å². The van der Waals surface area contributed by atoms with E-state index in [9.17, 15) is 4.79 Å². The molecule has 1 atom stereocenters. The minimum atomic E-state index is 0.193. The second kappa shape index (κ2) is 6.18. The van der Waals surface area contributed by atoms with Gasteiger partial charge in [-0.2, -0.15) is 0 Å². The van der Waals surface area contributed by atoms with Gasteiger partial charge in [0.2, 0.25) is 0 Å². The zero-order valence-corrected chi connectivity index (χ0v) is 9.42. The highest BCUT2D eigenvalue weighted by molar-refractivity contribution is 5.83. The van der Waals surface area contributed by atoms with Gasteiger partial charge in [0.05, 0.1) is 0 Å². The summed E-state index contributed by atoms with van der Waals surface area (Å²) in [5.41, 5.74) is 0. The van der Waals surface area contributed by atoms with E-state index in [2.05, 4.69) is 0 Å². The number of hydrogen-bond donors (Lipinski definition) is 0. The summed E-state index contributed by atoms with van der Waals surface area (Å²) in [6, 6.07) is 0. The van der Waals surface area contributed by atoms with E-state index >= 15 is 0 Å². The van der Waals surface area contributed by atoms with Crippen molar-refractivity contribution in [1.29, 1.82) is 0 Å². The average Bonchev–Trinajstić information content (AvgIpc) is 2.26. The van der Waals surface area contributed by atoms with Crippen molar-refractivity contribution in [2.45, 2.75) is 45.4 Å². The van der Waals surface area contributed by atoms with E-state index in [1.165, 1.54) is 19.3 Å². The lowest BCUT2D eigenvalue weighted by molar-refractivity contribution is -0.127. The molecule has 0 aromatic carbocycles. The normalized spacial score (nSPS) is 20.7. The maximum absolute atomic E-state index is 11.9. The maximum Gasteiger partial charge on any atom is 0.138 e. The average molecular weight is 198 g/mol. The van der Waals surface area contributed by atoms with E-state index in [1.54, 1.807) is 7.11 Å². The quantitative estimate of drug-likeness (QED) is 0.679. The Balaban J connectivity index is 2.30. The number of ether oxygens (including phenoxy) is 1. The van der Waals surface area contributed by atoms with Crippen molar-refractivity contribution < 1.29 is 9.53 Å². The van der Waals surface area contributed by atoms with Crippen molar-refractivity contribution in [2.75, 3.05) is 13.7 Å². The molecule has 1 aliphatic rings. The topological polar surface area (TPSA) is 26.3 Å². The molecule has 1 rings (SSSR count). The Morgan fingerprint density at radius 3 is 2.57 bits per heavy atom. The van der Waals surface area contributed by atoms with E-state index in [1.807, 2.05) is 6.92 Å². The molecule has 1 aliphatic carbocycles. The van der Waals surface area contributed by atoms with Crippen LogP contribution in [0, 0.1) is 11.8 Å². The second-order valence-corrected chi connectivity index (χ2v) is 4.42. The molecule has 0 heterocycles. The third-order valence-electron chi connectivity index (χ3n) is 3.25. The van der Waals surface area contributed by atoms with Gasteiger partial charge in [0.15, 0.2) is 0 Å². The van der Waals surface area contributed by atoms with E-state index in [4.69, 9.17) is 4.74 Å². The standard InChI is InChI=1S/C12H22O2/c1-10(8-9-14-2)12(13)11-6-4-3-5-7-11/h10-11H,3-9H2,1-2H3. The molecule has 2 nitrogen and oxygen atoms in total. The molecule has 0 saturated heterocycles. The van der Waals surface area contributed by atoms with Crippen molar-refractivity contribution in [2.24, 2.45) is 11.8 Å². The number of rotatable bonds is 5. The summed E-state index contributed by atoms with van der Waals surface area (Å²) < 4.78 is 5.00. The van der Waals surface area contributed by atoms with Gasteiger partial charge in [-0.3, -0.25) is 4.79 Å². The number of Topliss-reactive ketones (excluding diaryl/α,β-unsaturated/α-hetero) is 1. The van der Waals surface area contributed by atoms with E-state index in [-0.39, 0.29) is 5.92 Å². The Labute approximate surface area is 87.0 Å². The molecular formula is C12H22O2. The van der Waals surface area contributed by atoms with Crippen LogP contribution in [0.5, 0.6) is 0 Å². The van der Waals surface area contributed by atoms with Gasteiger partial charge in [-0.25, -0.2) is 0 Å². The molecular weight excluding hydrogens is 176 g/mol. The van der Waals surface area contributed by atoms with Crippen LogP contribution in [-0.4, -0.2) is 19.5 Å². The van der Waals surface area contributed by atoms with Crippen LogP contribution in [0.2, 0.25) is 0 Å². The van der Waals surface area contributed by atoms with E-state index < -0.39 is 0 Å². The highest BCUT2D eigenvalue weighted by Crippen LogP contribution is 2.27. The van der Waals surface area contributed by atoms with Crippen LogP contribution in [0.15, 0.2) is 0 Å². The lowest BCUT2D eigenvalue weighted by Gasteiger charge is -2.23. The van der Waals surface area contributed by atoms with Crippen LogP contribution in [0.3, 0.4) is 0 Å². The molecule has 2 heteroatoms. The van der Waals surface area contributed by atoms with E-state index in [0.29, 0.717) is 18.3 Å². The lowest BCUT2D eigenvalue weighted by atomic mass is 9.81. The molecule has 82 valence electrons. The summed E-state index contributed by atoms with van der Waals surface area (Å²) in [7, 11) is 1.69. The minimum absolute atomic E-state index is 0.193. The van der Waals surface area contributed by atoms with Crippen molar-refractivity contribution in [3.05, 3.63) is 0 Å². The number of ketones is 1. The van der Waals surface area contributed by atoms with Crippen LogP contribution >= 0.6 is 0 Å². The molecule has 1 unspecified atom stereocenters. The fourth-order valence-electron chi connectivity index (χ4n) is 2.23. The van der Waals surface area contributed by atoms with Gasteiger partial charge >= 0.3 is 0 Å². The molecule has 0 spiro atoms. The Bertz CT molecular complexity index is 171. The lowest BCUT2D eigenvalue weighted by Crippen LogP contribution is -2.24. The third kappa shape index (κ3) is 3.41. The Morgan fingerprint density at radius 2 is 2.00 bits per heavy atom. The van der Waals surface area contributed by atoms with Gasteiger partial charge in [-0.05, 0) is 19.3 Å². The first-order chi connectivity index (χ1) is 6.75. The summed E-state index contributed by atoms with van der Waals surface area (Å²) in [6.45, 7) is 2.75. The first-order valence-corrected chi connectivity index (χ1v) is 5.78. The molecule has 0 N–H and O–H groups in total. The summed E-state index contributed by atoms with van der Waals surface area (Å²) in [5.74, 6) is 1.02. The molecule has 0 aliphatic heterocycles. The van der Waals surface area contributed by atoms with Gasteiger partial charge in [0.25, 0.3) is 0 Å². The minimum Gasteiger partial charge on any atom is -0.385 e. The van der Waals surface area contributed by atoms with Crippen molar-refractivity contribution in [3.63, 3.8) is 0 Å². The maximum atomic E-state index is 11.9. The van der Waals surface area contributed by atoms with Gasteiger partial charge in [0, 0.05) is 25.6 Å². The van der Waals surface area contributed by atoms with Gasteiger partial charge < -0.3 is 4.74 Å². The molecule has 1 saturated carbocycles. The molecule has 0 amide bonds. The molecule has 0 bridgehead atoms. The Hall–Kier alpha value is -0.370. The van der Waals surface area contributed by atoms with Crippen LogP contribution in [0.4, 0.5) is 0 Å². The highest BCUT2D eigenvalue weighted by atomic mass is 16.5. The number of carbonyl (C=O) groups is 1. The largest absolute Gasteiger partial charge is 0.385 e. The van der Waals surface area contributed by atoms with E-state index in [0.717, 1.165) is 19.3 Å². The van der Waals surface area contributed by atoms with Crippen molar-refractivity contribution in [3.8, 4) is 0 Å². The fraction of sp³-hybridized carbons (Fsp3) is 0.917. The zero-order valence-electron chi connectivity index (χ0n) is 9.42. The first kappa shape index (κ1) is 11.7. The van der Waals surface area contributed by atoms with Crippen LogP contribution < -0.4 is 0 Å². The van der Waals surface area contributed by atoms with Crippen LogP contribution in [-0.2, 0) is 9.53 Å². The third-order valence-corrected chi connectivity index (χ3v) is 3.25. The van der Waals surface area contributed by atoms with Crippen molar-refractivity contribution >= 4 is 5.78 Å². The van der Waals surface area contributed by atoms with Gasteiger partial charge in [0.1, 0.15) is 5.78 Å². The van der Waals surface area contributed by atoms with Crippen LogP contribution in [0.25, 0.3) is 0 Å². The molecule has 0 radical (unpaired) electrons. The number of carbonyl (C=O) groups excluding carboxylic acids is 1. The zero-order chi connectivity index (χ0) is 10.4. The molecule has 14 heavy (non-hydrogen) atoms. The number of hydrogen-bond acceptors (Lipinski definition) is 2. The molecule has 0 aromatic rings. The fourth-order valence-corrected chi connectivity index (χ4v) is 2.23. The monoisotopic (exact) mass is 198 g/mol. The van der Waals surface area contributed by atoms with Crippen molar-refractivity contribution in [1.82, 2.24) is 0 Å². The summed E-state index contributed by atoms with van der Waals surface area (Å²) >= 11 is 0. The number of methoxy groups -OCH3 is 1. The highest BCUT2D eigenvalue weighted by Gasteiger charge is 2.24. The Kier molecular flexibility index (Phi) is 5.16. The predicted octanol–water partition coefficient (Wildman–Crippen LogP) is 2.81. The Morgan fingerprint density at radius 1 is 1.36 bits per heavy atom. The molecule has 0 aromatic heterocycles. The SMILES string of the molecule is COCCC(C)C(=O)C1CCCCC1. The van der Waals surface area contributed by atoms with Crippen LogP contribution in [0.1, 0.15) is 45.4 Å². The summed E-state index contributed by atoms with van der Waals surface area (Å²) in [4.78, 5) is 11.9.